The Balaban J connectivity index is 1.84. The molecule has 0 fully saturated rings. The van der Waals surface area contributed by atoms with Gasteiger partial charge in [-0.05, 0) is 35.9 Å². The minimum atomic E-state index is -0.623. The van der Waals surface area contributed by atoms with Crippen molar-refractivity contribution in [3.8, 4) is 11.5 Å². The highest BCUT2D eigenvalue weighted by Gasteiger charge is 2.13. The minimum Gasteiger partial charge on any atom is -0.493 e. The Morgan fingerprint density at radius 1 is 1.00 bits per heavy atom. The van der Waals surface area contributed by atoms with Crippen molar-refractivity contribution in [2.75, 3.05) is 20.8 Å². The first-order valence-electron chi connectivity index (χ1n) is 7.43. The van der Waals surface area contributed by atoms with Gasteiger partial charge in [0.25, 0.3) is 5.91 Å². The van der Waals surface area contributed by atoms with Gasteiger partial charge in [0, 0.05) is 11.6 Å². The van der Waals surface area contributed by atoms with Gasteiger partial charge in [-0.3, -0.25) is 4.79 Å². The van der Waals surface area contributed by atoms with Crippen LogP contribution < -0.4 is 14.8 Å². The van der Waals surface area contributed by atoms with Gasteiger partial charge in [-0.2, -0.15) is 0 Å². The van der Waals surface area contributed by atoms with Gasteiger partial charge in [0.05, 0.1) is 19.8 Å². The number of ether oxygens (including phenoxy) is 3. The number of amides is 1. The number of methoxy groups -OCH3 is 2. The molecular formula is C18H18ClNO5. The van der Waals surface area contributed by atoms with Gasteiger partial charge in [0.2, 0.25) is 0 Å². The van der Waals surface area contributed by atoms with Crippen LogP contribution in [0, 0.1) is 0 Å². The molecule has 0 saturated carbocycles. The van der Waals surface area contributed by atoms with Crippen LogP contribution in [0.1, 0.15) is 15.9 Å². The van der Waals surface area contributed by atoms with E-state index in [-0.39, 0.29) is 12.2 Å². The molecule has 0 aliphatic heterocycles. The standard InChI is InChI=1S/C18H18ClNO5/c1-23-15-8-5-13(9-16(15)24-2)18(22)25-11-17(21)20-10-12-3-6-14(19)7-4-12/h3-9H,10-11H2,1-2H3,(H,20,21). The highest BCUT2D eigenvalue weighted by atomic mass is 35.5. The molecule has 2 aromatic rings. The van der Waals surface area contributed by atoms with Gasteiger partial charge in [-0.25, -0.2) is 4.79 Å². The molecule has 0 aliphatic rings. The maximum Gasteiger partial charge on any atom is 0.338 e. The Hall–Kier alpha value is -2.73. The fourth-order valence-electron chi connectivity index (χ4n) is 2.03. The normalized spacial score (nSPS) is 10.0. The third-order valence-electron chi connectivity index (χ3n) is 3.36. The van der Waals surface area contributed by atoms with Gasteiger partial charge < -0.3 is 19.5 Å². The molecule has 0 saturated heterocycles. The van der Waals surface area contributed by atoms with E-state index in [9.17, 15) is 9.59 Å². The predicted octanol–water partition coefficient (Wildman–Crippen LogP) is 2.83. The Bertz CT molecular complexity index is 746. The van der Waals surface area contributed by atoms with Crippen LogP contribution in [0.3, 0.4) is 0 Å². The Labute approximate surface area is 150 Å². The number of carbonyl (C=O) groups is 2. The molecule has 0 aliphatic carbocycles. The van der Waals surface area contributed by atoms with Gasteiger partial charge in [0.15, 0.2) is 18.1 Å². The van der Waals surface area contributed by atoms with Crippen molar-refractivity contribution in [3.05, 3.63) is 58.6 Å². The molecule has 2 rings (SSSR count). The summed E-state index contributed by atoms with van der Waals surface area (Å²) in [5, 5.41) is 3.29. The Morgan fingerprint density at radius 2 is 1.68 bits per heavy atom. The highest BCUT2D eigenvalue weighted by Crippen LogP contribution is 2.27. The largest absolute Gasteiger partial charge is 0.493 e. The lowest BCUT2D eigenvalue weighted by Crippen LogP contribution is -2.28. The van der Waals surface area contributed by atoms with E-state index in [2.05, 4.69) is 5.32 Å². The Morgan fingerprint density at radius 3 is 2.32 bits per heavy atom. The number of esters is 1. The SMILES string of the molecule is COc1ccc(C(=O)OCC(=O)NCc2ccc(Cl)cc2)cc1OC. The number of rotatable bonds is 7. The summed E-state index contributed by atoms with van der Waals surface area (Å²) in [7, 11) is 2.97. The zero-order valence-electron chi connectivity index (χ0n) is 13.9. The Kier molecular flexibility index (Phi) is 6.65. The number of carbonyl (C=O) groups excluding carboxylic acids is 2. The summed E-state index contributed by atoms with van der Waals surface area (Å²) in [5.41, 5.74) is 1.16. The zero-order valence-corrected chi connectivity index (χ0v) is 14.6. The van der Waals surface area contributed by atoms with E-state index in [0.717, 1.165) is 5.56 Å². The van der Waals surface area contributed by atoms with Crippen LogP contribution in [0.25, 0.3) is 0 Å². The number of benzene rings is 2. The first kappa shape index (κ1) is 18.6. The van der Waals surface area contributed by atoms with E-state index in [1.165, 1.54) is 26.4 Å². The minimum absolute atomic E-state index is 0.267. The maximum atomic E-state index is 12.0. The summed E-state index contributed by atoms with van der Waals surface area (Å²) >= 11 is 5.80. The fourth-order valence-corrected chi connectivity index (χ4v) is 2.16. The molecule has 132 valence electrons. The van der Waals surface area contributed by atoms with E-state index in [0.29, 0.717) is 23.1 Å². The maximum absolute atomic E-state index is 12.0. The third-order valence-corrected chi connectivity index (χ3v) is 3.61. The first-order valence-corrected chi connectivity index (χ1v) is 7.81. The molecule has 25 heavy (non-hydrogen) atoms. The van der Waals surface area contributed by atoms with E-state index in [1.807, 2.05) is 0 Å². The molecule has 0 unspecified atom stereocenters. The number of hydrogen-bond acceptors (Lipinski definition) is 5. The molecule has 0 radical (unpaired) electrons. The molecule has 6 nitrogen and oxygen atoms in total. The van der Waals surface area contributed by atoms with Crippen molar-refractivity contribution in [1.29, 1.82) is 0 Å². The lowest BCUT2D eigenvalue weighted by molar-refractivity contribution is -0.124. The van der Waals surface area contributed by atoms with E-state index in [4.69, 9.17) is 25.8 Å². The van der Waals surface area contributed by atoms with Crippen molar-refractivity contribution in [2.24, 2.45) is 0 Å². The summed E-state index contributed by atoms with van der Waals surface area (Å²) < 4.78 is 15.2. The van der Waals surface area contributed by atoms with Crippen molar-refractivity contribution < 1.29 is 23.8 Å². The van der Waals surface area contributed by atoms with Crippen molar-refractivity contribution >= 4 is 23.5 Å². The summed E-state index contributed by atoms with van der Waals surface area (Å²) in [4.78, 5) is 23.8. The second-order valence-electron chi connectivity index (χ2n) is 5.05. The second kappa shape index (κ2) is 8.94. The lowest BCUT2D eigenvalue weighted by Gasteiger charge is -2.10. The number of nitrogens with one attached hydrogen (secondary N) is 1. The van der Waals surface area contributed by atoms with Gasteiger partial charge in [-0.1, -0.05) is 23.7 Å². The molecule has 7 heteroatoms. The molecule has 2 aromatic carbocycles. The van der Waals surface area contributed by atoms with Crippen LogP contribution in [0.4, 0.5) is 0 Å². The summed E-state index contributed by atoms with van der Waals surface area (Å²) in [6.07, 6.45) is 0. The zero-order chi connectivity index (χ0) is 18.2. The highest BCUT2D eigenvalue weighted by molar-refractivity contribution is 6.30. The van der Waals surface area contributed by atoms with Crippen LogP contribution >= 0.6 is 11.6 Å². The van der Waals surface area contributed by atoms with Crippen molar-refractivity contribution in [3.63, 3.8) is 0 Å². The van der Waals surface area contributed by atoms with E-state index < -0.39 is 11.9 Å². The quantitative estimate of drug-likeness (QED) is 0.766. The first-order chi connectivity index (χ1) is 12.0. The molecule has 0 aromatic heterocycles. The molecule has 1 amide bonds. The second-order valence-corrected chi connectivity index (χ2v) is 5.49. The number of halogens is 1. The smallest absolute Gasteiger partial charge is 0.338 e. The summed E-state index contributed by atoms with van der Waals surface area (Å²) in [5.74, 6) is -0.115. The van der Waals surface area contributed by atoms with Gasteiger partial charge in [0.1, 0.15) is 0 Å². The fraction of sp³-hybridized carbons (Fsp3) is 0.222. The predicted molar refractivity (Wildman–Crippen MR) is 93.1 cm³/mol. The van der Waals surface area contributed by atoms with Crippen molar-refractivity contribution in [1.82, 2.24) is 5.32 Å². The van der Waals surface area contributed by atoms with Crippen LogP contribution in [0.15, 0.2) is 42.5 Å². The molecule has 0 spiro atoms. The topological polar surface area (TPSA) is 73.9 Å². The molecule has 0 bridgehead atoms. The van der Waals surface area contributed by atoms with Crippen LogP contribution in [-0.4, -0.2) is 32.7 Å². The van der Waals surface area contributed by atoms with E-state index in [1.54, 1.807) is 30.3 Å². The lowest BCUT2D eigenvalue weighted by atomic mass is 10.2. The summed E-state index contributed by atoms with van der Waals surface area (Å²) in [6.45, 7) is -0.0509. The number of hydrogen-bond donors (Lipinski definition) is 1. The molecule has 0 atom stereocenters. The third kappa shape index (κ3) is 5.39. The summed E-state index contributed by atoms with van der Waals surface area (Å²) in [6, 6.07) is 11.7. The molecule has 0 heterocycles. The average Bonchev–Trinajstić information content (AvgIpc) is 2.64. The van der Waals surface area contributed by atoms with Crippen molar-refractivity contribution in [2.45, 2.75) is 6.54 Å². The molecular weight excluding hydrogens is 346 g/mol. The monoisotopic (exact) mass is 363 g/mol. The van der Waals surface area contributed by atoms with Gasteiger partial charge in [-0.15, -0.1) is 0 Å². The van der Waals surface area contributed by atoms with Crippen LogP contribution in [0.2, 0.25) is 5.02 Å². The van der Waals surface area contributed by atoms with Gasteiger partial charge >= 0.3 is 5.97 Å². The van der Waals surface area contributed by atoms with E-state index >= 15 is 0 Å². The molecule has 1 N–H and O–H groups in total. The van der Waals surface area contributed by atoms with Crippen LogP contribution in [-0.2, 0) is 16.1 Å². The average molecular weight is 364 g/mol. The van der Waals surface area contributed by atoms with Crippen LogP contribution in [0.5, 0.6) is 11.5 Å².